The molecule has 0 bridgehead atoms. The smallest absolute Gasteiger partial charge is 0.254 e. The Balaban J connectivity index is 1.41. The fourth-order valence-electron chi connectivity index (χ4n) is 4.74. The van der Waals surface area contributed by atoms with Crippen LogP contribution < -0.4 is 4.90 Å². The molecule has 1 atom stereocenters. The highest BCUT2D eigenvalue weighted by Crippen LogP contribution is 2.42. The number of amides is 2. The van der Waals surface area contributed by atoms with Gasteiger partial charge in [0.2, 0.25) is 5.91 Å². The first-order chi connectivity index (χ1) is 16.0. The number of benzene rings is 1. The maximum Gasteiger partial charge on any atom is 0.254 e. The average molecular weight is 467 g/mol. The van der Waals surface area contributed by atoms with Gasteiger partial charge in [-0.15, -0.1) is 0 Å². The second kappa shape index (κ2) is 7.72. The van der Waals surface area contributed by atoms with Gasteiger partial charge in [0.1, 0.15) is 11.6 Å². The minimum Gasteiger partial charge on any atom is -0.328 e. The maximum absolute atomic E-state index is 13.4. The van der Waals surface area contributed by atoms with E-state index in [1.165, 1.54) is 35.8 Å². The predicted octanol–water partition coefficient (Wildman–Crippen LogP) is 3.76. The van der Waals surface area contributed by atoms with E-state index in [-0.39, 0.29) is 23.7 Å². The molecule has 2 amide bonds. The van der Waals surface area contributed by atoms with Crippen LogP contribution in [0.25, 0.3) is 10.8 Å². The van der Waals surface area contributed by atoms with Crippen molar-refractivity contribution in [2.24, 2.45) is 0 Å². The first kappa shape index (κ1) is 20.5. The molecule has 10 heteroatoms. The van der Waals surface area contributed by atoms with Crippen LogP contribution in [-0.4, -0.2) is 48.7 Å². The number of fused-ring (bicyclic) bond motifs is 1. The van der Waals surface area contributed by atoms with Gasteiger partial charge in [-0.3, -0.25) is 14.5 Å². The van der Waals surface area contributed by atoms with E-state index in [4.69, 9.17) is 9.97 Å². The number of hydrogen-bond acceptors (Lipinski definition) is 6. The number of carbonyl (C=O) groups excluding carboxylic acids is 2. The van der Waals surface area contributed by atoms with Crippen LogP contribution >= 0.6 is 11.5 Å². The van der Waals surface area contributed by atoms with Crippen molar-refractivity contribution < 1.29 is 14.0 Å². The van der Waals surface area contributed by atoms with Crippen molar-refractivity contribution in [2.45, 2.75) is 51.1 Å². The van der Waals surface area contributed by atoms with Crippen LogP contribution in [0.3, 0.4) is 0 Å². The Morgan fingerprint density at radius 2 is 1.91 bits per heavy atom. The van der Waals surface area contributed by atoms with E-state index in [2.05, 4.69) is 8.94 Å². The van der Waals surface area contributed by atoms with Crippen molar-refractivity contribution >= 4 is 29.2 Å². The van der Waals surface area contributed by atoms with Gasteiger partial charge >= 0.3 is 0 Å². The molecule has 3 aliphatic rings. The van der Waals surface area contributed by atoms with Crippen LogP contribution in [0.1, 0.15) is 66.4 Å². The van der Waals surface area contributed by atoms with E-state index in [1.807, 2.05) is 6.92 Å². The summed E-state index contributed by atoms with van der Waals surface area (Å²) in [5.74, 6) is 2.16. The van der Waals surface area contributed by atoms with Crippen LogP contribution in [0.15, 0.2) is 24.3 Å². The number of aromatic nitrogens is 4. The molecule has 4 heterocycles. The highest BCUT2D eigenvalue weighted by molar-refractivity contribution is 7.09. The standard InChI is InChI=1S/C23H23FN6O2S/c1-13-18-20(29-10-2-3-17(29)31)26-21(22-25-19(27-33-22)14-4-5-14)30(18)12-11-28(13)23(32)15-6-8-16(24)9-7-15/h6-9,13-14H,2-5,10-12H2,1H3/t13-/m0/s1. The Kier molecular flexibility index (Phi) is 4.79. The summed E-state index contributed by atoms with van der Waals surface area (Å²) >= 11 is 1.34. The summed E-state index contributed by atoms with van der Waals surface area (Å²) in [5.41, 5.74) is 1.28. The van der Waals surface area contributed by atoms with Crippen LogP contribution in [0.2, 0.25) is 0 Å². The number of imidazole rings is 1. The van der Waals surface area contributed by atoms with Gasteiger partial charge in [0.15, 0.2) is 16.6 Å². The summed E-state index contributed by atoms with van der Waals surface area (Å²) in [6.45, 7) is 3.59. The van der Waals surface area contributed by atoms with Gasteiger partial charge in [-0.25, -0.2) is 14.4 Å². The van der Waals surface area contributed by atoms with Crippen molar-refractivity contribution in [1.82, 2.24) is 23.8 Å². The molecular weight excluding hydrogens is 443 g/mol. The molecule has 2 aromatic heterocycles. The predicted molar refractivity (Wildman–Crippen MR) is 121 cm³/mol. The molecule has 3 aromatic rings. The van der Waals surface area contributed by atoms with Crippen molar-refractivity contribution in [2.75, 3.05) is 18.0 Å². The number of carbonyl (C=O) groups is 2. The molecular formula is C23H23FN6O2S. The average Bonchev–Trinajstić information content (AvgIpc) is 3.21. The molecule has 0 spiro atoms. The molecule has 0 radical (unpaired) electrons. The number of hydrogen-bond donors (Lipinski definition) is 0. The van der Waals surface area contributed by atoms with Gasteiger partial charge in [0.25, 0.3) is 5.91 Å². The SMILES string of the molecule is C[C@H]1c2c(N3CCCC3=O)nc(-c3nc(C4CC4)ns3)n2CCN1C(=O)c1ccc(F)cc1. The highest BCUT2D eigenvalue weighted by atomic mass is 32.1. The van der Waals surface area contributed by atoms with Gasteiger partial charge in [0.05, 0.1) is 11.7 Å². The zero-order valence-corrected chi connectivity index (χ0v) is 19.0. The summed E-state index contributed by atoms with van der Waals surface area (Å²) in [6.07, 6.45) is 3.54. The summed E-state index contributed by atoms with van der Waals surface area (Å²) in [5, 5.41) is 0.751. The van der Waals surface area contributed by atoms with Crippen LogP contribution in [0.4, 0.5) is 10.2 Å². The van der Waals surface area contributed by atoms with E-state index >= 15 is 0 Å². The van der Waals surface area contributed by atoms with Crippen molar-refractivity contribution in [3.8, 4) is 10.8 Å². The molecule has 1 saturated heterocycles. The number of rotatable bonds is 4. The molecule has 1 aliphatic carbocycles. The Hall–Kier alpha value is -3.14. The molecule has 8 nitrogen and oxygen atoms in total. The normalized spacial score (nSPS) is 20.4. The van der Waals surface area contributed by atoms with E-state index in [9.17, 15) is 14.0 Å². The molecule has 0 unspecified atom stereocenters. The van der Waals surface area contributed by atoms with Crippen molar-refractivity contribution in [1.29, 1.82) is 0 Å². The monoisotopic (exact) mass is 466 g/mol. The van der Waals surface area contributed by atoms with Gasteiger partial charge in [-0.2, -0.15) is 4.37 Å². The first-order valence-electron chi connectivity index (χ1n) is 11.3. The molecule has 1 saturated carbocycles. The van der Waals surface area contributed by atoms with Gasteiger partial charge in [-0.1, -0.05) is 0 Å². The molecule has 33 heavy (non-hydrogen) atoms. The Labute approximate surface area is 194 Å². The number of halogens is 1. The molecule has 0 N–H and O–H groups in total. The number of anilines is 1. The molecule has 2 aliphatic heterocycles. The van der Waals surface area contributed by atoms with Crippen molar-refractivity contribution in [3.05, 3.63) is 47.2 Å². The number of nitrogens with zero attached hydrogens (tertiary/aromatic N) is 6. The van der Waals surface area contributed by atoms with E-state index in [1.54, 1.807) is 9.80 Å². The lowest BCUT2D eigenvalue weighted by atomic mass is 10.1. The Morgan fingerprint density at radius 1 is 1.12 bits per heavy atom. The minimum atomic E-state index is -0.376. The molecule has 6 rings (SSSR count). The van der Waals surface area contributed by atoms with Crippen LogP contribution in [0, 0.1) is 5.82 Å². The fourth-order valence-corrected chi connectivity index (χ4v) is 5.48. The lowest BCUT2D eigenvalue weighted by Crippen LogP contribution is -2.42. The third-order valence-corrected chi connectivity index (χ3v) is 7.40. The summed E-state index contributed by atoms with van der Waals surface area (Å²) in [6, 6.07) is 5.30. The Bertz CT molecular complexity index is 1250. The lowest BCUT2D eigenvalue weighted by molar-refractivity contribution is -0.117. The van der Waals surface area contributed by atoms with Crippen LogP contribution in [0.5, 0.6) is 0 Å². The largest absolute Gasteiger partial charge is 0.328 e. The third-order valence-electron chi connectivity index (χ3n) is 6.67. The minimum absolute atomic E-state index is 0.0487. The summed E-state index contributed by atoms with van der Waals surface area (Å²) in [7, 11) is 0. The molecule has 2 fully saturated rings. The molecule has 1 aromatic carbocycles. The Morgan fingerprint density at radius 3 is 2.61 bits per heavy atom. The summed E-state index contributed by atoms with van der Waals surface area (Å²) < 4.78 is 20.0. The second-order valence-electron chi connectivity index (χ2n) is 8.86. The maximum atomic E-state index is 13.4. The van der Waals surface area contributed by atoms with Gasteiger partial charge < -0.3 is 9.47 Å². The summed E-state index contributed by atoms with van der Waals surface area (Å²) in [4.78, 5) is 39.0. The second-order valence-corrected chi connectivity index (χ2v) is 9.61. The quantitative estimate of drug-likeness (QED) is 0.585. The van der Waals surface area contributed by atoms with Crippen molar-refractivity contribution in [3.63, 3.8) is 0 Å². The van der Waals surface area contributed by atoms with E-state index in [0.29, 0.717) is 49.2 Å². The zero-order chi connectivity index (χ0) is 22.7. The van der Waals surface area contributed by atoms with Crippen LogP contribution in [-0.2, 0) is 11.3 Å². The van der Waals surface area contributed by atoms with E-state index in [0.717, 1.165) is 35.8 Å². The first-order valence-corrected chi connectivity index (χ1v) is 12.1. The lowest BCUT2D eigenvalue weighted by Gasteiger charge is -2.36. The van der Waals surface area contributed by atoms with E-state index < -0.39 is 0 Å². The highest BCUT2D eigenvalue weighted by Gasteiger charge is 2.38. The van der Waals surface area contributed by atoms with Gasteiger partial charge in [-0.05, 0) is 62.0 Å². The third kappa shape index (κ3) is 3.43. The molecule has 170 valence electrons. The fraction of sp³-hybridized carbons (Fsp3) is 0.435. The zero-order valence-electron chi connectivity index (χ0n) is 18.2. The topological polar surface area (TPSA) is 84.2 Å². The van der Waals surface area contributed by atoms with Gasteiger partial charge in [0, 0.05) is 37.5 Å².